The van der Waals surface area contributed by atoms with Gasteiger partial charge in [-0.15, -0.1) is 0 Å². The highest BCUT2D eigenvalue weighted by atomic mass is 32.2. The van der Waals surface area contributed by atoms with Gasteiger partial charge in [-0.2, -0.15) is 0 Å². The largest absolute Gasteiger partial charge is 0.316 e. The fourth-order valence-corrected chi connectivity index (χ4v) is 2.68. The van der Waals surface area contributed by atoms with Gasteiger partial charge in [0.25, 0.3) is 0 Å². The third-order valence-electron chi connectivity index (χ3n) is 3.05. The highest BCUT2D eigenvalue weighted by molar-refractivity contribution is 7.88. The van der Waals surface area contributed by atoms with Crippen LogP contribution in [-0.2, 0) is 10.0 Å². The molecule has 0 aromatic carbocycles. The van der Waals surface area contributed by atoms with Crippen LogP contribution in [-0.4, -0.2) is 34.3 Å². The summed E-state index contributed by atoms with van der Waals surface area (Å²) in [5.74, 6) is 0.844. The Balaban J connectivity index is 1.91. The smallest absolute Gasteiger partial charge is 0.208 e. The lowest BCUT2D eigenvalue weighted by atomic mass is 9.89. The van der Waals surface area contributed by atoms with Gasteiger partial charge in [0.05, 0.1) is 6.26 Å². The third-order valence-corrected chi connectivity index (χ3v) is 3.78. The van der Waals surface area contributed by atoms with Crippen LogP contribution >= 0.6 is 0 Å². The first-order valence-corrected chi connectivity index (χ1v) is 8.12. The van der Waals surface area contributed by atoms with Crippen LogP contribution in [0.4, 0.5) is 0 Å². The minimum Gasteiger partial charge on any atom is -0.316 e. The quantitative estimate of drug-likeness (QED) is 0.663. The van der Waals surface area contributed by atoms with Crippen molar-refractivity contribution in [3.05, 3.63) is 0 Å². The van der Waals surface area contributed by atoms with Gasteiger partial charge < -0.3 is 5.32 Å². The van der Waals surface area contributed by atoms with Crippen LogP contribution in [0.5, 0.6) is 0 Å². The molecule has 0 amide bonds. The van der Waals surface area contributed by atoms with Crippen LogP contribution in [0.15, 0.2) is 0 Å². The van der Waals surface area contributed by atoms with Gasteiger partial charge in [-0.25, -0.2) is 13.1 Å². The predicted molar refractivity (Wildman–Crippen MR) is 66.9 cm³/mol. The average Bonchev–Trinajstić information content (AvgIpc) is 2.23. The van der Waals surface area contributed by atoms with Gasteiger partial charge in [-0.05, 0) is 38.3 Å². The molecule has 0 atom stereocenters. The van der Waals surface area contributed by atoms with E-state index < -0.39 is 10.0 Å². The summed E-state index contributed by atoms with van der Waals surface area (Å²) in [6.45, 7) is 2.54. The second-order valence-electron chi connectivity index (χ2n) is 4.73. The molecule has 0 aromatic heterocycles. The molecule has 1 aliphatic carbocycles. The Morgan fingerprint density at radius 2 is 1.81 bits per heavy atom. The minimum absolute atomic E-state index is 0.538. The molecular weight excluding hydrogens is 224 g/mol. The Hall–Kier alpha value is -0.130. The van der Waals surface area contributed by atoms with E-state index in [2.05, 4.69) is 10.0 Å². The Bertz CT molecular complexity index is 272. The van der Waals surface area contributed by atoms with E-state index in [9.17, 15) is 8.42 Å². The van der Waals surface area contributed by atoms with E-state index >= 15 is 0 Å². The van der Waals surface area contributed by atoms with Crippen molar-refractivity contribution in [3.8, 4) is 0 Å². The average molecular weight is 248 g/mol. The van der Waals surface area contributed by atoms with Crippen LogP contribution in [0.25, 0.3) is 0 Å². The molecule has 1 saturated carbocycles. The van der Waals surface area contributed by atoms with Gasteiger partial charge in [-0.1, -0.05) is 19.3 Å². The summed E-state index contributed by atoms with van der Waals surface area (Å²) in [4.78, 5) is 0. The minimum atomic E-state index is -3.01. The van der Waals surface area contributed by atoms with Crippen LogP contribution in [0, 0.1) is 5.92 Å². The number of sulfonamides is 1. The molecule has 0 spiro atoms. The maximum atomic E-state index is 10.8. The highest BCUT2D eigenvalue weighted by Gasteiger charge is 2.12. The molecule has 1 rings (SSSR count). The van der Waals surface area contributed by atoms with E-state index in [1.54, 1.807) is 0 Å². The second-order valence-corrected chi connectivity index (χ2v) is 6.56. The standard InChI is InChI=1S/C11H24N2O2S/c1-16(14,15)13-9-5-8-12-10-11-6-3-2-4-7-11/h11-13H,2-10H2,1H3. The molecule has 4 nitrogen and oxygen atoms in total. The molecule has 0 heterocycles. The van der Waals surface area contributed by atoms with E-state index in [1.165, 1.54) is 38.4 Å². The van der Waals surface area contributed by atoms with Crippen LogP contribution in [0.2, 0.25) is 0 Å². The zero-order chi connectivity index (χ0) is 11.9. The zero-order valence-electron chi connectivity index (χ0n) is 10.2. The van der Waals surface area contributed by atoms with Gasteiger partial charge >= 0.3 is 0 Å². The number of hydrogen-bond acceptors (Lipinski definition) is 3. The van der Waals surface area contributed by atoms with Crippen molar-refractivity contribution in [1.29, 1.82) is 0 Å². The summed E-state index contributed by atoms with van der Waals surface area (Å²) < 4.78 is 24.1. The number of nitrogens with one attached hydrogen (secondary N) is 2. The molecule has 0 radical (unpaired) electrons. The molecule has 0 saturated heterocycles. The van der Waals surface area contributed by atoms with E-state index in [4.69, 9.17) is 0 Å². The normalized spacial score (nSPS) is 18.8. The lowest BCUT2D eigenvalue weighted by Crippen LogP contribution is -2.29. The first kappa shape index (κ1) is 13.9. The summed E-state index contributed by atoms with van der Waals surface area (Å²) >= 11 is 0. The zero-order valence-corrected chi connectivity index (χ0v) is 11.0. The van der Waals surface area contributed by atoms with Crippen LogP contribution < -0.4 is 10.0 Å². The van der Waals surface area contributed by atoms with Crippen molar-refractivity contribution in [1.82, 2.24) is 10.0 Å². The lowest BCUT2D eigenvalue weighted by molar-refractivity contribution is 0.342. The van der Waals surface area contributed by atoms with Gasteiger partial charge in [0.15, 0.2) is 0 Å². The first-order valence-electron chi connectivity index (χ1n) is 6.23. The summed E-state index contributed by atoms with van der Waals surface area (Å²) in [6, 6.07) is 0. The van der Waals surface area contributed by atoms with Crippen molar-refractivity contribution >= 4 is 10.0 Å². The van der Waals surface area contributed by atoms with E-state index in [0.29, 0.717) is 6.54 Å². The molecule has 16 heavy (non-hydrogen) atoms. The SMILES string of the molecule is CS(=O)(=O)NCCCNCC1CCCCC1. The Kier molecular flexibility index (Phi) is 6.31. The molecule has 1 aliphatic rings. The Morgan fingerprint density at radius 1 is 1.12 bits per heavy atom. The summed E-state index contributed by atoms with van der Waals surface area (Å²) in [5, 5.41) is 3.41. The number of hydrogen-bond donors (Lipinski definition) is 2. The maximum absolute atomic E-state index is 10.8. The molecule has 0 aliphatic heterocycles. The maximum Gasteiger partial charge on any atom is 0.208 e. The van der Waals surface area contributed by atoms with E-state index in [0.717, 1.165) is 25.4 Å². The Labute approximate surface area is 99.2 Å². The van der Waals surface area contributed by atoms with Crippen molar-refractivity contribution in [2.24, 2.45) is 5.92 Å². The van der Waals surface area contributed by atoms with Gasteiger partial charge in [-0.3, -0.25) is 0 Å². The van der Waals surface area contributed by atoms with Crippen molar-refractivity contribution in [2.75, 3.05) is 25.9 Å². The van der Waals surface area contributed by atoms with E-state index in [-0.39, 0.29) is 0 Å². The van der Waals surface area contributed by atoms with Crippen molar-refractivity contribution in [2.45, 2.75) is 38.5 Å². The molecule has 2 N–H and O–H groups in total. The van der Waals surface area contributed by atoms with E-state index in [1.807, 2.05) is 0 Å². The molecule has 0 unspecified atom stereocenters. The fraction of sp³-hybridized carbons (Fsp3) is 1.00. The van der Waals surface area contributed by atoms with Crippen molar-refractivity contribution < 1.29 is 8.42 Å². The summed E-state index contributed by atoms with van der Waals surface area (Å²) in [6.07, 6.45) is 8.92. The Morgan fingerprint density at radius 3 is 2.44 bits per heavy atom. The highest BCUT2D eigenvalue weighted by Crippen LogP contribution is 2.22. The van der Waals surface area contributed by atoms with Gasteiger partial charge in [0.1, 0.15) is 0 Å². The summed E-state index contributed by atoms with van der Waals surface area (Å²) in [7, 11) is -3.01. The van der Waals surface area contributed by atoms with Crippen LogP contribution in [0.3, 0.4) is 0 Å². The molecule has 96 valence electrons. The molecule has 1 fully saturated rings. The van der Waals surface area contributed by atoms with Gasteiger partial charge in [0, 0.05) is 6.54 Å². The molecule has 0 aromatic rings. The predicted octanol–water partition coefficient (Wildman–Crippen LogP) is 1.10. The monoisotopic (exact) mass is 248 g/mol. The fourth-order valence-electron chi connectivity index (χ4n) is 2.17. The molecule has 5 heteroatoms. The lowest BCUT2D eigenvalue weighted by Gasteiger charge is -2.21. The number of rotatable bonds is 7. The topological polar surface area (TPSA) is 58.2 Å². The summed E-state index contributed by atoms with van der Waals surface area (Å²) in [5.41, 5.74) is 0. The molecular formula is C11H24N2O2S. The van der Waals surface area contributed by atoms with Gasteiger partial charge in [0.2, 0.25) is 10.0 Å². The van der Waals surface area contributed by atoms with Crippen molar-refractivity contribution in [3.63, 3.8) is 0 Å². The first-order chi connectivity index (χ1) is 7.58. The van der Waals surface area contributed by atoms with Crippen LogP contribution in [0.1, 0.15) is 38.5 Å². The second kappa shape index (κ2) is 7.25. The third kappa shape index (κ3) is 7.19. The molecule has 0 bridgehead atoms.